The number of aromatic nitrogens is 1. The highest BCUT2D eigenvalue weighted by atomic mass is 35.5. The largest absolute Gasteiger partial charge is 0.389 e. The van der Waals surface area contributed by atoms with Crippen LogP contribution in [-0.2, 0) is 13.0 Å². The molecule has 1 aromatic carbocycles. The average molecular weight is 319 g/mol. The lowest BCUT2D eigenvalue weighted by molar-refractivity contribution is -0.135. The van der Waals surface area contributed by atoms with E-state index in [4.69, 9.17) is 17.3 Å². The standard InChI is InChI=1S/C15H18ClF3N2/c1-10(20)7-11-9-21(6-2-5-15(17,18)19)14-8-12(16)3-4-13(11)14/h3-4,8-10H,2,5-7,20H2,1H3. The van der Waals surface area contributed by atoms with Crippen molar-refractivity contribution in [2.75, 3.05) is 0 Å². The van der Waals surface area contributed by atoms with Gasteiger partial charge in [-0.15, -0.1) is 0 Å². The summed E-state index contributed by atoms with van der Waals surface area (Å²) in [5, 5.41) is 1.58. The minimum atomic E-state index is -4.12. The molecule has 1 heterocycles. The minimum absolute atomic E-state index is 0.00472. The molecule has 0 fully saturated rings. The lowest BCUT2D eigenvalue weighted by atomic mass is 10.1. The van der Waals surface area contributed by atoms with Gasteiger partial charge in [0.1, 0.15) is 0 Å². The zero-order valence-corrected chi connectivity index (χ0v) is 12.5. The number of halogens is 4. The molecule has 1 unspecified atom stereocenters. The van der Waals surface area contributed by atoms with Crippen molar-refractivity contribution < 1.29 is 13.2 Å². The Morgan fingerprint density at radius 1 is 1.33 bits per heavy atom. The van der Waals surface area contributed by atoms with Gasteiger partial charge in [-0.25, -0.2) is 0 Å². The Labute approximate surface area is 126 Å². The minimum Gasteiger partial charge on any atom is -0.347 e. The summed E-state index contributed by atoms with van der Waals surface area (Å²) in [7, 11) is 0. The van der Waals surface area contributed by atoms with Crippen molar-refractivity contribution >= 4 is 22.5 Å². The summed E-state index contributed by atoms with van der Waals surface area (Å²) in [4.78, 5) is 0. The van der Waals surface area contributed by atoms with Crippen molar-refractivity contribution in [2.24, 2.45) is 5.73 Å². The fraction of sp³-hybridized carbons (Fsp3) is 0.467. The van der Waals surface area contributed by atoms with Crippen molar-refractivity contribution in [3.63, 3.8) is 0 Å². The third-order valence-corrected chi connectivity index (χ3v) is 3.56. The van der Waals surface area contributed by atoms with Crippen molar-refractivity contribution in [3.05, 3.63) is 35.0 Å². The Hall–Kier alpha value is -1.20. The van der Waals surface area contributed by atoms with Crippen LogP contribution in [0.25, 0.3) is 10.9 Å². The maximum Gasteiger partial charge on any atom is 0.389 e. The van der Waals surface area contributed by atoms with Crippen molar-refractivity contribution in [2.45, 2.75) is 44.9 Å². The molecule has 0 saturated heterocycles. The number of nitrogens with two attached hydrogens (primary N) is 1. The summed E-state index contributed by atoms with van der Waals surface area (Å²) in [6, 6.07) is 5.47. The first kappa shape index (κ1) is 16.2. The third-order valence-electron chi connectivity index (χ3n) is 3.33. The molecule has 0 aliphatic rings. The molecule has 2 N–H and O–H groups in total. The van der Waals surface area contributed by atoms with Gasteiger partial charge in [0.05, 0.1) is 0 Å². The number of hydrogen-bond donors (Lipinski definition) is 1. The lowest BCUT2D eigenvalue weighted by Crippen LogP contribution is -2.17. The molecule has 116 valence electrons. The first-order valence-corrected chi connectivity index (χ1v) is 7.23. The molecule has 2 rings (SSSR count). The molecule has 6 heteroatoms. The number of rotatable bonds is 5. The van der Waals surface area contributed by atoms with E-state index in [2.05, 4.69) is 0 Å². The molecule has 2 nitrogen and oxygen atoms in total. The molecule has 2 aromatic rings. The van der Waals surface area contributed by atoms with Crippen LogP contribution >= 0.6 is 11.6 Å². The van der Waals surface area contributed by atoms with Crippen LogP contribution in [0.4, 0.5) is 13.2 Å². The van der Waals surface area contributed by atoms with Crippen molar-refractivity contribution in [1.82, 2.24) is 4.57 Å². The van der Waals surface area contributed by atoms with Crippen LogP contribution in [-0.4, -0.2) is 16.8 Å². The predicted molar refractivity (Wildman–Crippen MR) is 79.6 cm³/mol. The molecule has 0 aliphatic heterocycles. The van der Waals surface area contributed by atoms with Gasteiger partial charge in [-0.1, -0.05) is 17.7 Å². The smallest absolute Gasteiger partial charge is 0.347 e. The van der Waals surface area contributed by atoms with E-state index >= 15 is 0 Å². The Balaban J connectivity index is 2.27. The Morgan fingerprint density at radius 2 is 2.05 bits per heavy atom. The fourth-order valence-electron chi connectivity index (χ4n) is 2.49. The predicted octanol–water partition coefficient (Wildman–Crippen LogP) is 4.53. The zero-order chi connectivity index (χ0) is 15.6. The maximum atomic E-state index is 12.3. The van der Waals surface area contributed by atoms with Crippen LogP contribution < -0.4 is 5.73 Å². The number of fused-ring (bicyclic) bond motifs is 1. The SMILES string of the molecule is CC(N)Cc1cn(CCCC(F)(F)F)c2cc(Cl)ccc12. The summed E-state index contributed by atoms with van der Waals surface area (Å²) < 4.78 is 38.6. The fourth-order valence-corrected chi connectivity index (χ4v) is 2.65. The van der Waals surface area contributed by atoms with Gasteiger partial charge < -0.3 is 10.3 Å². The molecule has 0 radical (unpaired) electrons. The van der Waals surface area contributed by atoms with Gasteiger partial charge in [-0.3, -0.25) is 0 Å². The normalized spacial score (nSPS) is 13.8. The first-order chi connectivity index (χ1) is 9.76. The molecule has 1 atom stereocenters. The van der Waals surface area contributed by atoms with Gasteiger partial charge in [0, 0.05) is 41.1 Å². The molecule has 21 heavy (non-hydrogen) atoms. The van der Waals surface area contributed by atoms with Crippen LogP contribution in [0.5, 0.6) is 0 Å². The van der Waals surface area contributed by atoms with Gasteiger partial charge in [0.25, 0.3) is 0 Å². The van der Waals surface area contributed by atoms with E-state index in [1.54, 1.807) is 12.1 Å². The third kappa shape index (κ3) is 4.38. The van der Waals surface area contributed by atoms with Gasteiger partial charge in [-0.05, 0) is 37.5 Å². The second kappa shape index (κ2) is 6.28. The molecule has 0 spiro atoms. The monoisotopic (exact) mass is 318 g/mol. The first-order valence-electron chi connectivity index (χ1n) is 6.86. The van der Waals surface area contributed by atoms with Gasteiger partial charge in [0.2, 0.25) is 0 Å². The van der Waals surface area contributed by atoms with E-state index in [-0.39, 0.29) is 12.5 Å². The van der Waals surface area contributed by atoms with Gasteiger partial charge >= 0.3 is 6.18 Å². The molecular weight excluding hydrogens is 301 g/mol. The zero-order valence-electron chi connectivity index (χ0n) is 11.8. The summed E-state index contributed by atoms with van der Waals surface area (Å²) in [6.07, 6.45) is -2.27. The van der Waals surface area contributed by atoms with Gasteiger partial charge in [0.15, 0.2) is 0 Å². The summed E-state index contributed by atoms with van der Waals surface area (Å²) in [6.45, 7) is 2.22. The van der Waals surface area contributed by atoms with Crippen LogP contribution in [0, 0.1) is 0 Å². The summed E-state index contributed by atoms with van der Waals surface area (Å²) in [5.74, 6) is 0. The summed E-state index contributed by atoms with van der Waals surface area (Å²) >= 11 is 5.99. The quantitative estimate of drug-likeness (QED) is 0.863. The second-order valence-electron chi connectivity index (χ2n) is 5.41. The van der Waals surface area contributed by atoms with E-state index in [0.717, 1.165) is 16.5 Å². The lowest BCUT2D eigenvalue weighted by Gasteiger charge is -2.08. The van der Waals surface area contributed by atoms with E-state index in [0.29, 0.717) is 18.0 Å². The Bertz CT molecular complexity index is 617. The Kier molecular flexibility index (Phi) is 4.84. The highest BCUT2D eigenvalue weighted by molar-refractivity contribution is 6.31. The van der Waals surface area contributed by atoms with E-state index in [1.165, 1.54) is 0 Å². The molecule has 1 aromatic heterocycles. The number of aryl methyl sites for hydroxylation is 1. The van der Waals surface area contributed by atoms with Crippen LogP contribution in [0.2, 0.25) is 5.02 Å². The number of benzene rings is 1. The van der Waals surface area contributed by atoms with E-state index in [1.807, 2.05) is 23.8 Å². The molecular formula is C15H18ClF3N2. The van der Waals surface area contributed by atoms with E-state index in [9.17, 15) is 13.2 Å². The number of nitrogens with zero attached hydrogens (tertiary/aromatic N) is 1. The Morgan fingerprint density at radius 3 is 2.67 bits per heavy atom. The molecule has 0 bridgehead atoms. The molecule has 0 amide bonds. The second-order valence-corrected chi connectivity index (χ2v) is 5.85. The summed E-state index contributed by atoms with van der Waals surface area (Å²) in [5.41, 5.74) is 7.73. The molecule has 0 saturated carbocycles. The topological polar surface area (TPSA) is 30.9 Å². The van der Waals surface area contributed by atoms with Gasteiger partial charge in [-0.2, -0.15) is 13.2 Å². The van der Waals surface area contributed by atoms with Crippen LogP contribution in [0.15, 0.2) is 24.4 Å². The highest BCUT2D eigenvalue weighted by Crippen LogP contribution is 2.27. The van der Waals surface area contributed by atoms with E-state index < -0.39 is 12.6 Å². The molecule has 0 aliphatic carbocycles. The highest BCUT2D eigenvalue weighted by Gasteiger charge is 2.26. The maximum absolute atomic E-state index is 12.3. The average Bonchev–Trinajstić information content (AvgIpc) is 2.65. The van der Waals surface area contributed by atoms with Crippen molar-refractivity contribution in [3.8, 4) is 0 Å². The van der Waals surface area contributed by atoms with Crippen LogP contribution in [0.3, 0.4) is 0 Å². The van der Waals surface area contributed by atoms with Crippen molar-refractivity contribution in [1.29, 1.82) is 0 Å². The number of hydrogen-bond acceptors (Lipinski definition) is 1. The number of alkyl halides is 3. The van der Waals surface area contributed by atoms with Crippen LogP contribution in [0.1, 0.15) is 25.3 Å².